The fourth-order valence-electron chi connectivity index (χ4n) is 2.73. The third-order valence-electron chi connectivity index (χ3n) is 3.72. The van der Waals surface area contributed by atoms with Gasteiger partial charge < -0.3 is 20.9 Å². The molecule has 0 aromatic carbocycles. The number of aliphatic hydroxyl groups is 1. The average Bonchev–Trinajstić information content (AvgIpc) is 3.06. The molecule has 1 aliphatic rings. The third-order valence-corrected chi connectivity index (χ3v) is 3.72. The van der Waals surface area contributed by atoms with E-state index in [0.29, 0.717) is 17.6 Å². The number of nitrogens with zero attached hydrogens (tertiary/aromatic N) is 2. The molecule has 1 fully saturated rings. The maximum absolute atomic E-state index is 11.7. The van der Waals surface area contributed by atoms with Crippen LogP contribution in [0.4, 0.5) is 5.95 Å². The second-order valence-electron chi connectivity index (χ2n) is 5.46. The van der Waals surface area contributed by atoms with Crippen LogP contribution in [0.25, 0.3) is 11.0 Å². The lowest BCUT2D eigenvalue weighted by molar-refractivity contribution is -0.134. The minimum absolute atomic E-state index is 0.124. The van der Waals surface area contributed by atoms with Crippen molar-refractivity contribution in [1.82, 2.24) is 19.9 Å². The Balaban J connectivity index is 0.000000433. The molecule has 1 saturated heterocycles. The summed E-state index contributed by atoms with van der Waals surface area (Å²) in [6.45, 7) is 2.87. The van der Waals surface area contributed by atoms with Gasteiger partial charge in [0.15, 0.2) is 0 Å². The number of aliphatic hydroxyl groups excluding tert-OH is 1. The van der Waals surface area contributed by atoms with Gasteiger partial charge in [-0.15, -0.1) is 0 Å². The maximum Gasteiger partial charge on any atom is 0.300 e. The summed E-state index contributed by atoms with van der Waals surface area (Å²) in [5, 5.41) is 16.7. The number of rotatable bonds is 3. The number of nitrogen functional groups attached to an aromatic ring is 1. The van der Waals surface area contributed by atoms with E-state index in [0.717, 1.165) is 31.9 Å². The van der Waals surface area contributed by atoms with Crippen molar-refractivity contribution in [2.45, 2.75) is 32.4 Å². The third kappa shape index (κ3) is 4.08. The predicted molar refractivity (Wildman–Crippen MR) is 85.0 cm³/mol. The van der Waals surface area contributed by atoms with Gasteiger partial charge in [0.1, 0.15) is 11.0 Å². The van der Waals surface area contributed by atoms with E-state index in [4.69, 9.17) is 15.6 Å². The van der Waals surface area contributed by atoms with Crippen LogP contribution in [0.5, 0.6) is 0 Å². The number of nitrogens with one attached hydrogen (secondary N) is 2. The van der Waals surface area contributed by atoms with Crippen LogP contribution in [0, 0.1) is 0 Å². The van der Waals surface area contributed by atoms with Crippen molar-refractivity contribution in [2.24, 2.45) is 0 Å². The number of hydrogen-bond donors (Lipinski definition) is 5. The largest absolute Gasteiger partial charge is 0.481 e. The molecule has 23 heavy (non-hydrogen) atoms. The first-order valence-corrected chi connectivity index (χ1v) is 7.32. The molecule has 2 aromatic rings. The van der Waals surface area contributed by atoms with Gasteiger partial charge in [-0.3, -0.25) is 19.5 Å². The normalized spacial score (nSPS) is 17.9. The van der Waals surface area contributed by atoms with E-state index in [1.807, 2.05) is 0 Å². The Kier molecular flexibility index (Phi) is 5.35. The lowest BCUT2D eigenvalue weighted by Crippen LogP contribution is -2.31. The molecule has 0 radical (unpaired) electrons. The predicted octanol–water partition coefficient (Wildman–Crippen LogP) is -0.119. The van der Waals surface area contributed by atoms with E-state index in [1.54, 1.807) is 6.20 Å². The zero-order chi connectivity index (χ0) is 17.0. The number of hydrogen-bond acceptors (Lipinski definition) is 6. The lowest BCUT2D eigenvalue weighted by Gasteiger charge is -2.21. The van der Waals surface area contributed by atoms with E-state index < -0.39 is 5.97 Å². The molecular weight excluding hydrogens is 302 g/mol. The summed E-state index contributed by atoms with van der Waals surface area (Å²) in [7, 11) is 0. The van der Waals surface area contributed by atoms with Crippen LogP contribution in [-0.2, 0) is 11.3 Å². The van der Waals surface area contributed by atoms with Crippen molar-refractivity contribution in [1.29, 1.82) is 0 Å². The minimum Gasteiger partial charge on any atom is -0.481 e. The highest BCUT2D eigenvalue weighted by Gasteiger charge is 2.24. The molecule has 9 heteroatoms. The number of aromatic amines is 2. The van der Waals surface area contributed by atoms with Gasteiger partial charge in [0.25, 0.3) is 11.5 Å². The van der Waals surface area contributed by atoms with Gasteiger partial charge in [0.05, 0.1) is 6.61 Å². The van der Waals surface area contributed by atoms with Crippen molar-refractivity contribution in [3.63, 3.8) is 0 Å². The zero-order valence-electron chi connectivity index (χ0n) is 12.9. The minimum atomic E-state index is -0.833. The monoisotopic (exact) mass is 323 g/mol. The highest BCUT2D eigenvalue weighted by Crippen LogP contribution is 2.22. The Hall–Kier alpha value is -2.39. The van der Waals surface area contributed by atoms with Gasteiger partial charge in [-0.1, -0.05) is 0 Å². The Morgan fingerprint density at radius 1 is 1.57 bits per heavy atom. The molecule has 0 bridgehead atoms. The van der Waals surface area contributed by atoms with E-state index in [1.165, 1.54) is 0 Å². The molecule has 1 aliphatic heterocycles. The summed E-state index contributed by atoms with van der Waals surface area (Å²) in [5.41, 5.74) is 7.33. The van der Waals surface area contributed by atoms with Gasteiger partial charge >= 0.3 is 0 Å². The number of aromatic nitrogens is 3. The highest BCUT2D eigenvalue weighted by molar-refractivity contribution is 5.78. The summed E-state index contributed by atoms with van der Waals surface area (Å²) >= 11 is 0. The number of anilines is 1. The molecular formula is C14H21N5O4. The summed E-state index contributed by atoms with van der Waals surface area (Å²) < 4.78 is 0. The number of carbonyl (C=O) groups is 1. The Morgan fingerprint density at radius 3 is 2.91 bits per heavy atom. The van der Waals surface area contributed by atoms with Crippen LogP contribution < -0.4 is 11.3 Å². The number of nitrogens with two attached hydrogens (primary N) is 1. The van der Waals surface area contributed by atoms with Crippen molar-refractivity contribution in [2.75, 3.05) is 18.9 Å². The summed E-state index contributed by atoms with van der Waals surface area (Å²) in [4.78, 5) is 32.5. The van der Waals surface area contributed by atoms with E-state index >= 15 is 0 Å². The van der Waals surface area contributed by atoms with Crippen molar-refractivity contribution in [3.05, 3.63) is 22.1 Å². The molecule has 0 unspecified atom stereocenters. The smallest absolute Gasteiger partial charge is 0.300 e. The standard InChI is InChI=1S/C12H17N5O2.C2H4O2/c13-12-15-9-7(4-14-10(9)11(19)16-12)5-17-3-1-2-8(17)6-18;1-2(3)4/h4,8,14,18H,1-3,5-6H2,(H3,13,15,16,19);1H3,(H,3,4)/t8-;/m0./s1. The van der Waals surface area contributed by atoms with Crippen LogP contribution in [0.2, 0.25) is 0 Å². The molecule has 0 spiro atoms. The van der Waals surface area contributed by atoms with Crippen LogP contribution in [-0.4, -0.2) is 55.2 Å². The molecule has 126 valence electrons. The molecule has 2 aromatic heterocycles. The molecule has 9 nitrogen and oxygen atoms in total. The van der Waals surface area contributed by atoms with Crippen LogP contribution in [0.3, 0.4) is 0 Å². The maximum atomic E-state index is 11.7. The van der Waals surface area contributed by atoms with Gasteiger partial charge in [-0.25, -0.2) is 4.98 Å². The molecule has 0 amide bonds. The van der Waals surface area contributed by atoms with Gasteiger partial charge in [-0.2, -0.15) is 0 Å². The first-order valence-electron chi connectivity index (χ1n) is 7.32. The molecule has 1 atom stereocenters. The number of H-pyrrole nitrogens is 2. The molecule has 3 heterocycles. The van der Waals surface area contributed by atoms with Gasteiger partial charge in [-0.05, 0) is 19.4 Å². The van der Waals surface area contributed by atoms with E-state index in [2.05, 4.69) is 19.9 Å². The molecule has 0 saturated carbocycles. The number of fused-ring (bicyclic) bond motifs is 1. The quantitative estimate of drug-likeness (QED) is 0.528. The summed E-state index contributed by atoms with van der Waals surface area (Å²) in [6.07, 6.45) is 3.89. The van der Waals surface area contributed by atoms with Crippen LogP contribution in [0.1, 0.15) is 25.3 Å². The highest BCUT2D eigenvalue weighted by atomic mass is 16.4. The van der Waals surface area contributed by atoms with E-state index in [9.17, 15) is 9.90 Å². The van der Waals surface area contributed by atoms with Gasteiger partial charge in [0, 0.05) is 31.3 Å². The van der Waals surface area contributed by atoms with Crippen molar-refractivity contribution in [3.8, 4) is 0 Å². The number of likely N-dealkylation sites (tertiary alicyclic amines) is 1. The Labute approximate surface area is 132 Å². The topological polar surface area (TPSA) is 148 Å². The Morgan fingerprint density at radius 2 is 2.26 bits per heavy atom. The average molecular weight is 323 g/mol. The molecule has 6 N–H and O–H groups in total. The molecule has 0 aliphatic carbocycles. The fraction of sp³-hybridized carbons (Fsp3) is 0.500. The fourth-order valence-corrected chi connectivity index (χ4v) is 2.73. The first kappa shape index (κ1) is 17.0. The zero-order valence-corrected chi connectivity index (χ0v) is 12.9. The van der Waals surface area contributed by atoms with Crippen LogP contribution >= 0.6 is 0 Å². The summed E-state index contributed by atoms with van der Waals surface area (Å²) in [5.74, 6) is -0.710. The van der Waals surface area contributed by atoms with Gasteiger partial charge in [0.2, 0.25) is 5.95 Å². The Bertz CT molecular complexity index is 734. The van der Waals surface area contributed by atoms with Crippen molar-refractivity contribution >= 4 is 23.0 Å². The van der Waals surface area contributed by atoms with Crippen LogP contribution in [0.15, 0.2) is 11.0 Å². The number of aliphatic carboxylic acids is 1. The first-order chi connectivity index (χ1) is 10.9. The summed E-state index contributed by atoms with van der Waals surface area (Å²) in [6, 6.07) is 0.198. The second kappa shape index (κ2) is 7.25. The van der Waals surface area contributed by atoms with Crippen molar-refractivity contribution < 1.29 is 15.0 Å². The lowest BCUT2D eigenvalue weighted by atomic mass is 10.2. The SMILES string of the molecule is CC(=O)O.Nc1nc2c(CN3CCC[C@H]3CO)c[nH]c2c(=O)[nH]1. The van der Waals surface area contributed by atoms with E-state index in [-0.39, 0.29) is 24.2 Å². The molecule has 3 rings (SSSR count). The number of carboxylic acids is 1. The number of carboxylic acid groups (broad SMARTS) is 1. The second-order valence-corrected chi connectivity index (χ2v) is 5.46.